The first kappa shape index (κ1) is 15.2. The van der Waals surface area contributed by atoms with Crippen molar-refractivity contribution in [3.05, 3.63) is 32.5 Å². The number of hydrogen-bond donors (Lipinski definition) is 1. The van der Waals surface area contributed by atoms with Gasteiger partial charge in [0.15, 0.2) is 0 Å². The maximum atomic E-state index is 13.5. The van der Waals surface area contributed by atoms with Crippen molar-refractivity contribution in [3.63, 3.8) is 0 Å². The van der Waals surface area contributed by atoms with Crippen LogP contribution < -0.4 is 10.2 Å². The van der Waals surface area contributed by atoms with Crippen molar-refractivity contribution in [1.29, 1.82) is 0 Å². The lowest BCUT2D eigenvalue weighted by atomic mass is 10.1. The molecule has 1 heterocycles. The summed E-state index contributed by atoms with van der Waals surface area (Å²) >= 11 is 3.10. The summed E-state index contributed by atoms with van der Waals surface area (Å²) in [5, 5.41) is 14.4. The van der Waals surface area contributed by atoms with Crippen LogP contribution in [0.1, 0.15) is 19.3 Å². The summed E-state index contributed by atoms with van der Waals surface area (Å²) in [5.41, 5.74) is 0.264. The maximum absolute atomic E-state index is 13.5. The van der Waals surface area contributed by atoms with E-state index in [4.69, 9.17) is 0 Å². The van der Waals surface area contributed by atoms with Crippen LogP contribution in [0.25, 0.3) is 0 Å². The van der Waals surface area contributed by atoms with Gasteiger partial charge in [0.05, 0.1) is 15.5 Å². The van der Waals surface area contributed by atoms with Crippen LogP contribution in [-0.2, 0) is 0 Å². The Morgan fingerprint density at radius 1 is 1.45 bits per heavy atom. The van der Waals surface area contributed by atoms with Gasteiger partial charge in [-0.05, 0) is 54.3 Å². The third-order valence-corrected chi connectivity index (χ3v) is 4.29. The minimum Gasteiger partial charge on any atom is -0.366 e. The van der Waals surface area contributed by atoms with Crippen LogP contribution >= 0.6 is 15.9 Å². The lowest BCUT2D eigenvalue weighted by Gasteiger charge is -2.28. The summed E-state index contributed by atoms with van der Waals surface area (Å²) in [7, 11) is 1.84. The molecule has 1 aromatic rings. The predicted molar refractivity (Wildman–Crippen MR) is 79.7 cm³/mol. The summed E-state index contributed by atoms with van der Waals surface area (Å²) in [5.74, 6) is -0.614. The standard InChI is InChI=1S/C13H17BrFN3O2/c1-17(9-3-2-5-16-6-4-9)12-7-10(14)11(15)8-13(12)18(19)20/h7-9,16H,2-6H2,1H3. The number of anilines is 1. The van der Waals surface area contributed by atoms with Crippen molar-refractivity contribution in [2.75, 3.05) is 25.0 Å². The predicted octanol–water partition coefficient (Wildman–Crippen LogP) is 3.07. The van der Waals surface area contributed by atoms with E-state index in [9.17, 15) is 14.5 Å². The third kappa shape index (κ3) is 3.27. The van der Waals surface area contributed by atoms with Gasteiger partial charge in [-0.25, -0.2) is 4.39 Å². The fourth-order valence-corrected chi connectivity index (χ4v) is 2.87. The zero-order chi connectivity index (χ0) is 14.7. The van der Waals surface area contributed by atoms with Crippen molar-refractivity contribution in [2.45, 2.75) is 25.3 Å². The van der Waals surface area contributed by atoms with Crippen LogP contribution in [0.3, 0.4) is 0 Å². The van der Waals surface area contributed by atoms with E-state index in [1.54, 1.807) is 0 Å². The van der Waals surface area contributed by atoms with E-state index in [2.05, 4.69) is 21.2 Å². The van der Waals surface area contributed by atoms with Gasteiger partial charge < -0.3 is 10.2 Å². The number of benzene rings is 1. The molecule has 0 aliphatic carbocycles. The third-order valence-electron chi connectivity index (χ3n) is 3.69. The van der Waals surface area contributed by atoms with Crippen LogP contribution in [0.4, 0.5) is 15.8 Å². The molecule has 0 amide bonds. The normalized spacial score (nSPS) is 19.4. The number of nitrogens with zero attached hydrogens (tertiary/aromatic N) is 2. The number of hydrogen-bond acceptors (Lipinski definition) is 4. The van der Waals surface area contributed by atoms with Crippen LogP contribution in [0, 0.1) is 15.9 Å². The molecule has 2 rings (SSSR count). The summed E-state index contributed by atoms with van der Waals surface area (Å²) in [6.45, 7) is 1.87. The summed E-state index contributed by atoms with van der Waals surface area (Å²) in [6, 6.07) is 2.69. The number of nitro benzene ring substituents is 1. The van der Waals surface area contributed by atoms with Crippen molar-refractivity contribution < 1.29 is 9.31 Å². The molecule has 0 bridgehead atoms. The van der Waals surface area contributed by atoms with Crippen LogP contribution in [0.2, 0.25) is 0 Å². The van der Waals surface area contributed by atoms with Gasteiger partial charge in [0.25, 0.3) is 5.69 Å². The molecule has 1 saturated heterocycles. The van der Waals surface area contributed by atoms with Crippen molar-refractivity contribution in [3.8, 4) is 0 Å². The van der Waals surface area contributed by atoms with Gasteiger partial charge in [0, 0.05) is 13.1 Å². The fraction of sp³-hybridized carbons (Fsp3) is 0.538. The fourth-order valence-electron chi connectivity index (χ4n) is 2.54. The van der Waals surface area contributed by atoms with Gasteiger partial charge >= 0.3 is 0 Å². The zero-order valence-electron chi connectivity index (χ0n) is 11.2. The minimum absolute atomic E-state index is 0.189. The first-order valence-corrected chi connectivity index (χ1v) is 7.37. The second-order valence-corrected chi connectivity index (χ2v) is 5.81. The largest absolute Gasteiger partial charge is 0.366 e. The van der Waals surface area contributed by atoms with E-state index < -0.39 is 10.7 Å². The first-order valence-electron chi connectivity index (χ1n) is 6.57. The lowest BCUT2D eigenvalue weighted by molar-refractivity contribution is -0.384. The molecule has 0 spiro atoms. The van der Waals surface area contributed by atoms with E-state index in [1.165, 1.54) is 6.07 Å². The Labute approximate surface area is 125 Å². The molecule has 1 aliphatic heterocycles. The highest BCUT2D eigenvalue weighted by molar-refractivity contribution is 9.10. The Kier molecular flexibility index (Phi) is 4.93. The van der Waals surface area contributed by atoms with E-state index in [1.807, 2.05) is 11.9 Å². The van der Waals surface area contributed by atoms with Gasteiger partial charge in [0.1, 0.15) is 11.5 Å². The van der Waals surface area contributed by atoms with Crippen LogP contribution in [-0.4, -0.2) is 31.1 Å². The highest BCUT2D eigenvalue weighted by atomic mass is 79.9. The Balaban J connectivity index is 2.34. The Morgan fingerprint density at radius 2 is 2.20 bits per heavy atom. The molecule has 0 radical (unpaired) electrons. The minimum atomic E-state index is -0.614. The molecule has 1 aliphatic rings. The summed E-state index contributed by atoms with van der Waals surface area (Å²) in [6.07, 6.45) is 2.92. The van der Waals surface area contributed by atoms with Gasteiger partial charge in [-0.15, -0.1) is 0 Å². The van der Waals surface area contributed by atoms with Crippen molar-refractivity contribution >= 4 is 27.3 Å². The molecule has 0 saturated carbocycles. The summed E-state index contributed by atoms with van der Waals surface area (Å²) < 4.78 is 13.8. The average molecular weight is 346 g/mol. The molecule has 1 fully saturated rings. The van der Waals surface area contributed by atoms with Crippen molar-refractivity contribution in [2.24, 2.45) is 0 Å². The molecule has 20 heavy (non-hydrogen) atoms. The maximum Gasteiger partial charge on any atom is 0.295 e. The van der Waals surface area contributed by atoms with Crippen LogP contribution in [0.15, 0.2) is 16.6 Å². The number of nitrogens with one attached hydrogen (secondary N) is 1. The topological polar surface area (TPSA) is 58.4 Å². The Bertz CT molecular complexity index is 505. The zero-order valence-corrected chi connectivity index (χ0v) is 12.8. The SMILES string of the molecule is CN(c1cc(Br)c(F)cc1[N+](=O)[O-])C1CCCNCC1. The molecular weight excluding hydrogens is 329 g/mol. The van der Waals surface area contributed by atoms with E-state index in [0.29, 0.717) is 5.69 Å². The molecule has 0 aromatic heterocycles. The highest BCUT2D eigenvalue weighted by Crippen LogP contribution is 2.34. The monoisotopic (exact) mass is 345 g/mol. The molecule has 1 atom stereocenters. The first-order chi connectivity index (χ1) is 9.50. The molecule has 5 nitrogen and oxygen atoms in total. The second kappa shape index (κ2) is 6.49. The van der Waals surface area contributed by atoms with Gasteiger partial charge in [-0.2, -0.15) is 0 Å². The lowest BCUT2D eigenvalue weighted by Crippen LogP contribution is -2.32. The van der Waals surface area contributed by atoms with E-state index in [-0.39, 0.29) is 16.2 Å². The highest BCUT2D eigenvalue weighted by Gasteiger charge is 2.25. The van der Waals surface area contributed by atoms with E-state index in [0.717, 1.165) is 38.4 Å². The summed E-state index contributed by atoms with van der Waals surface area (Å²) in [4.78, 5) is 12.5. The van der Waals surface area contributed by atoms with Gasteiger partial charge in [0.2, 0.25) is 0 Å². The Hall–Kier alpha value is -1.21. The smallest absolute Gasteiger partial charge is 0.295 e. The molecule has 1 unspecified atom stereocenters. The van der Waals surface area contributed by atoms with E-state index >= 15 is 0 Å². The number of rotatable bonds is 3. The second-order valence-electron chi connectivity index (χ2n) is 4.96. The van der Waals surface area contributed by atoms with Crippen LogP contribution in [0.5, 0.6) is 0 Å². The molecule has 1 aromatic carbocycles. The molecule has 1 N–H and O–H groups in total. The van der Waals surface area contributed by atoms with Gasteiger partial charge in [-0.1, -0.05) is 0 Å². The quantitative estimate of drug-likeness (QED) is 0.675. The average Bonchev–Trinajstić information content (AvgIpc) is 2.69. The van der Waals surface area contributed by atoms with Crippen molar-refractivity contribution in [1.82, 2.24) is 5.32 Å². The molecular formula is C13H17BrFN3O2. The van der Waals surface area contributed by atoms with Gasteiger partial charge in [-0.3, -0.25) is 10.1 Å². The molecule has 110 valence electrons. The Morgan fingerprint density at radius 3 is 2.90 bits per heavy atom. The molecule has 7 heteroatoms. The number of halogens is 2. The number of nitro groups is 1.